The van der Waals surface area contributed by atoms with Crippen LogP contribution in [0, 0.1) is 22.7 Å². The van der Waals surface area contributed by atoms with Gasteiger partial charge in [0.25, 0.3) is 0 Å². The fourth-order valence-electron chi connectivity index (χ4n) is 10.7. The lowest BCUT2D eigenvalue weighted by Crippen LogP contribution is -3.00. The third-order valence-corrected chi connectivity index (χ3v) is 15.1. The molecule has 0 unspecified atom stereocenters. The molecule has 0 amide bonds. The van der Waals surface area contributed by atoms with Crippen molar-refractivity contribution >= 4 is 63.6 Å². The highest BCUT2D eigenvalue weighted by atomic mass is 79.9. The van der Waals surface area contributed by atoms with Crippen LogP contribution in [0.2, 0.25) is 0 Å². The predicted molar refractivity (Wildman–Crippen MR) is 309 cm³/mol. The average molecular weight is 1050 g/mol. The highest BCUT2D eigenvalue weighted by Crippen LogP contribution is 2.47. The van der Waals surface area contributed by atoms with Crippen LogP contribution in [-0.4, -0.2) is 40.4 Å². The smallest absolute Gasteiger partial charge is 0.205 e. The Labute approximate surface area is 446 Å². The highest BCUT2D eigenvalue weighted by Gasteiger charge is 2.50. The van der Waals surface area contributed by atoms with Gasteiger partial charge in [0, 0.05) is 67.2 Å². The number of allylic oxidation sites excluding steroid dienone is 2. The molecular formula is C64H90BrClN4O. The van der Waals surface area contributed by atoms with E-state index in [-0.39, 0.29) is 23.4 Å². The maximum absolute atomic E-state index is 10.2. The number of aliphatic imine (C=N–C) groups is 2. The van der Waals surface area contributed by atoms with Gasteiger partial charge in [-0.05, 0) is 114 Å². The Morgan fingerprint density at radius 2 is 1.04 bits per heavy atom. The van der Waals surface area contributed by atoms with Crippen LogP contribution in [0.5, 0.6) is 0 Å². The van der Waals surface area contributed by atoms with Gasteiger partial charge >= 0.3 is 0 Å². The van der Waals surface area contributed by atoms with Crippen molar-refractivity contribution in [1.82, 2.24) is 0 Å². The second kappa shape index (κ2) is 34.1. The number of hydrogen-bond acceptors (Lipinski definition) is 4. The summed E-state index contributed by atoms with van der Waals surface area (Å²) in [6.07, 6.45) is 37.0. The molecule has 4 fully saturated rings. The van der Waals surface area contributed by atoms with Crippen LogP contribution in [-0.2, 0) is 4.79 Å². The summed E-state index contributed by atoms with van der Waals surface area (Å²) in [5.74, 6) is 1.13. The molecule has 9 rings (SSSR count). The zero-order valence-corrected chi connectivity index (χ0v) is 46.6. The summed E-state index contributed by atoms with van der Waals surface area (Å²) in [7, 11) is 0. The maximum Gasteiger partial charge on any atom is 0.205 e. The number of nitrogen functional groups attached to an aromatic ring is 1. The van der Waals surface area contributed by atoms with Gasteiger partial charge in [-0.2, -0.15) is 4.58 Å². The summed E-state index contributed by atoms with van der Waals surface area (Å²) >= 11 is 3.21. The van der Waals surface area contributed by atoms with Gasteiger partial charge in [-0.25, -0.2) is 0 Å². The van der Waals surface area contributed by atoms with Crippen LogP contribution >= 0.6 is 15.9 Å². The molecule has 0 bridgehead atoms. The molecule has 4 aromatic carbocycles. The van der Waals surface area contributed by atoms with E-state index in [2.05, 4.69) is 138 Å². The van der Waals surface area contributed by atoms with Gasteiger partial charge in [-0.3, -0.25) is 9.98 Å². The largest absolute Gasteiger partial charge is 1.00 e. The van der Waals surface area contributed by atoms with Crippen LogP contribution in [0.25, 0.3) is 0 Å². The second-order valence-electron chi connectivity index (χ2n) is 21.4. The number of para-hydroxylation sites is 4. The second-order valence-corrected chi connectivity index (χ2v) is 22.0. The predicted octanol–water partition coefficient (Wildman–Crippen LogP) is 15.8. The Bertz CT molecular complexity index is 2130. The molecule has 0 atom stereocenters. The SMILES string of the molecule is C(=Nc1ccccc1)C1CCCCC1.C=C(C)CBr.C=C(C)CC1(C=Nc2ccccc2)CCCCC1.CC1(C)CC2(C=[N+]1c1ccccc1)CCCCC2.Nc1ccccc1.O=CC1CCCCC1.[Cl-]. The van der Waals surface area contributed by atoms with Crippen molar-refractivity contribution in [2.24, 2.45) is 32.7 Å². The molecule has 2 N–H and O–H groups in total. The molecule has 5 aliphatic rings. The number of hydrogen-bond donors (Lipinski definition) is 1. The maximum atomic E-state index is 10.2. The molecule has 5 nitrogen and oxygen atoms in total. The third kappa shape index (κ3) is 24.3. The average Bonchev–Trinajstić information content (AvgIpc) is 3.66. The number of anilines is 1. The van der Waals surface area contributed by atoms with Crippen molar-refractivity contribution in [3.8, 4) is 0 Å². The number of alkyl halides is 1. The van der Waals surface area contributed by atoms with E-state index in [1.807, 2.05) is 73.7 Å². The van der Waals surface area contributed by atoms with Crippen LogP contribution in [0.15, 0.2) is 156 Å². The van der Waals surface area contributed by atoms with Crippen LogP contribution < -0.4 is 18.1 Å². The van der Waals surface area contributed by atoms with E-state index in [1.165, 1.54) is 139 Å². The van der Waals surface area contributed by atoms with Gasteiger partial charge in [0.2, 0.25) is 5.69 Å². The van der Waals surface area contributed by atoms with Gasteiger partial charge in [0.05, 0.1) is 16.8 Å². The fourth-order valence-corrected chi connectivity index (χ4v) is 10.7. The lowest BCUT2D eigenvalue weighted by molar-refractivity contribution is -0.511. The van der Waals surface area contributed by atoms with Gasteiger partial charge in [0.15, 0.2) is 11.8 Å². The van der Waals surface area contributed by atoms with E-state index in [0.29, 0.717) is 11.3 Å². The lowest BCUT2D eigenvalue weighted by Gasteiger charge is -2.34. The lowest BCUT2D eigenvalue weighted by atomic mass is 9.71. The molecule has 7 heteroatoms. The summed E-state index contributed by atoms with van der Waals surface area (Å²) < 4.78 is 2.53. The first-order chi connectivity index (χ1) is 33.9. The molecule has 1 aliphatic heterocycles. The van der Waals surface area contributed by atoms with E-state index < -0.39 is 0 Å². The molecule has 386 valence electrons. The van der Waals surface area contributed by atoms with E-state index >= 15 is 0 Å². The van der Waals surface area contributed by atoms with Crippen molar-refractivity contribution in [3.05, 3.63) is 146 Å². The van der Waals surface area contributed by atoms with Crippen LogP contribution in [0.1, 0.15) is 169 Å². The van der Waals surface area contributed by atoms with Crippen molar-refractivity contribution in [3.63, 3.8) is 0 Å². The number of carbonyl (C=O) groups is 1. The molecular weight excluding hydrogens is 956 g/mol. The Hall–Kier alpha value is -4.39. The van der Waals surface area contributed by atoms with Crippen LogP contribution in [0.3, 0.4) is 0 Å². The zero-order valence-electron chi connectivity index (χ0n) is 44.3. The minimum absolute atomic E-state index is 0. The van der Waals surface area contributed by atoms with Crippen molar-refractivity contribution in [1.29, 1.82) is 0 Å². The Morgan fingerprint density at radius 3 is 1.46 bits per heavy atom. The topological polar surface area (TPSA) is 70.8 Å². The molecule has 0 saturated heterocycles. The number of nitrogens with zero attached hydrogens (tertiary/aromatic N) is 3. The Balaban J connectivity index is 0.000000237. The molecule has 71 heavy (non-hydrogen) atoms. The first-order valence-corrected chi connectivity index (χ1v) is 28.0. The van der Waals surface area contributed by atoms with E-state index in [0.717, 1.165) is 53.9 Å². The quantitative estimate of drug-likeness (QED) is 0.0453. The molecule has 4 aliphatic carbocycles. The highest BCUT2D eigenvalue weighted by molar-refractivity contribution is 9.09. The summed E-state index contributed by atoms with van der Waals surface area (Å²) in [4.78, 5) is 19.4. The molecule has 1 heterocycles. The summed E-state index contributed by atoms with van der Waals surface area (Å²) in [6, 6.07) is 40.8. The zero-order chi connectivity index (χ0) is 50.3. The standard InChI is InChI=1S/C17H24N.C17H23N.C13H17N.C7H12O.C6H7N.C4H7Br.ClH/c1-16(2)13-17(11-7-4-8-12-17)14-18(16)15-9-5-3-6-10-15;1-15(2)13-17(11-7-4-8-12-17)14-18-16-9-5-3-6-10-16;1-3-7-12(8-4-1)11-14-13-9-5-2-6-10-13;8-6-7-4-2-1-3-5-7;7-6-4-2-1-3-5-6;1-4(2)3-5;/h3,5-6,9-10,14H,4,7-8,11-13H2,1-2H3;3,5-6,9-10,14H,1,4,7-8,11-13H2,2H3;2,5-6,9-12H,1,3-4,7-8H2;6-7H,1-5H2;1-5H,7H2;1,3H2,2H3;1H/q+1;;;;;;/p-1. The van der Waals surface area contributed by atoms with Gasteiger partial charge < -0.3 is 22.9 Å². The molecule has 1 spiro atoms. The van der Waals surface area contributed by atoms with E-state index in [4.69, 9.17) is 5.73 Å². The molecule has 0 aromatic heterocycles. The van der Waals surface area contributed by atoms with Crippen molar-refractivity contribution in [2.45, 2.75) is 174 Å². The van der Waals surface area contributed by atoms with Gasteiger partial charge in [-0.1, -0.05) is 184 Å². The number of halogens is 2. The first-order valence-electron chi connectivity index (χ1n) is 26.9. The number of carbonyl (C=O) groups excluding carboxylic acids is 1. The molecule has 4 aromatic rings. The Morgan fingerprint density at radius 1 is 0.620 bits per heavy atom. The normalized spacial score (nSPS) is 18.9. The number of benzene rings is 4. The molecule has 4 saturated carbocycles. The fraction of sp³-hybridized carbons (Fsp3) is 0.500. The first kappa shape index (κ1) is 60.9. The van der Waals surface area contributed by atoms with E-state index in [9.17, 15) is 4.79 Å². The number of aldehydes is 1. The number of nitrogens with two attached hydrogens (primary N) is 1. The minimum atomic E-state index is 0. The molecule has 0 radical (unpaired) electrons. The van der Waals surface area contributed by atoms with Crippen molar-refractivity contribution in [2.75, 3.05) is 11.1 Å². The van der Waals surface area contributed by atoms with Crippen molar-refractivity contribution < 1.29 is 21.8 Å². The summed E-state index contributed by atoms with van der Waals surface area (Å²) in [6.45, 7) is 16.6. The van der Waals surface area contributed by atoms with E-state index in [1.54, 1.807) is 0 Å². The Kier molecular flexibility index (Phi) is 29.3. The monoisotopic (exact) mass is 1040 g/mol. The third-order valence-electron chi connectivity index (χ3n) is 14.2. The number of rotatable bonds is 9. The summed E-state index contributed by atoms with van der Waals surface area (Å²) in [5, 5.41) is 0.924. The van der Waals surface area contributed by atoms with Crippen LogP contribution in [0.4, 0.5) is 22.7 Å². The van der Waals surface area contributed by atoms with Gasteiger partial charge in [-0.15, -0.1) is 6.58 Å². The minimum Gasteiger partial charge on any atom is -1.00 e. The summed E-state index contributed by atoms with van der Waals surface area (Å²) in [5.41, 5.74) is 13.1. The van der Waals surface area contributed by atoms with Gasteiger partial charge in [0.1, 0.15) is 6.29 Å².